The number of nitrogens with zero attached hydrogens (tertiary/aromatic N) is 4. The monoisotopic (exact) mass is 336 g/mol. The van der Waals surface area contributed by atoms with Crippen molar-refractivity contribution in [2.45, 2.75) is 6.92 Å². The second kappa shape index (κ2) is 6.19. The summed E-state index contributed by atoms with van der Waals surface area (Å²) in [6.07, 6.45) is 0. The number of allylic oxidation sites excluding steroid dienone is 1. The van der Waals surface area contributed by atoms with Crippen LogP contribution in [0.5, 0.6) is 5.75 Å². The van der Waals surface area contributed by atoms with E-state index in [4.69, 9.17) is 33.7 Å². The molecule has 0 atom stereocenters. The number of thioether (sulfide) groups is 1. The van der Waals surface area contributed by atoms with Crippen LogP contribution in [0, 0.1) is 22.7 Å². The van der Waals surface area contributed by atoms with Crippen LogP contribution in [0.1, 0.15) is 6.92 Å². The standard InChI is InChI=1S/C13H6Cl2N4OS/c1-6-12(21-13(18-6)7(4-16)5-17)19-8-2-9(14)11(20)10(15)3-8/h2-3,20H,1H3/b19-12-. The van der Waals surface area contributed by atoms with Crippen LogP contribution in [0.25, 0.3) is 0 Å². The van der Waals surface area contributed by atoms with Gasteiger partial charge in [0.25, 0.3) is 0 Å². The average molecular weight is 337 g/mol. The molecule has 0 unspecified atom stereocenters. The molecule has 0 saturated heterocycles. The predicted molar refractivity (Wildman–Crippen MR) is 84.2 cm³/mol. The minimum atomic E-state index is -0.205. The van der Waals surface area contributed by atoms with Crippen LogP contribution < -0.4 is 0 Å². The van der Waals surface area contributed by atoms with E-state index in [1.807, 2.05) is 0 Å². The summed E-state index contributed by atoms with van der Waals surface area (Å²) in [5, 5.41) is 28.2. The molecule has 0 aromatic heterocycles. The lowest BCUT2D eigenvalue weighted by atomic mass is 10.3. The third-order valence-electron chi connectivity index (χ3n) is 2.44. The summed E-state index contributed by atoms with van der Waals surface area (Å²) < 4.78 is 0. The van der Waals surface area contributed by atoms with Gasteiger partial charge in [-0.25, -0.2) is 9.98 Å². The first-order valence-corrected chi connectivity index (χ1v) is 7.08. The van der Waals surface area contributed by atoms with Crippen molar-refractivity contribution in [2.75, 3.05) is 0 Å². The minimum absolute atomic E-state index is 0.0636. The van der Waals surface area contributed by atoms with E-state index in [2.05, 4.69) is 9.98 Å². The van der Waals surface area contributed by atoms with Crippen molar-refractivity contribution in [2.24, 2.45) is 9.98 Å². The fourth-order valence-electron chi connectivity index (χ4n) is 1.45. The fraction of sp³-hybridized carbons (Fsp3) is 0.0769. The van der Waals surface area contributed by atoms with Gasteiger partial charge in [-0.2, -0.15) is 10.5 Å². The first kappa shape index (κ1) is 15.4. The third-order valence-corrected chi connectivity index (χ3v) is 4.09. The molecule has 0 fully saturated rings. The molecular formula is C13H6Cl2N4OS. The zero-order chi connectivity index (χ0) is 15.6. The van der Waals surface area contributed by atoms with Crippen molar-refractivity contribution in [3.63, 3.8) is 0 Å². The number of phenols is 1. The molecule has 0 bridgehead atoms. The van der Waals surface area contributed by atoms with Gasteiger partial charge in [0.2, 0.25) is 0 Å². The quantitative estimate of drug-likeness (QED) is 0.778. The van der Waals surface area contributed by atoms with E-state index in [0.29, 0.717) is 21.5 Å². The number of benzene rings is 1. The number of rotatable bonds is 1. The summed E-state index contributed by atoms with van der Waals surface area (Å²) in [4.78, 5) is 8.46. The van der Waals surface area contributed by atoms with Crippen LogP contribution in [0.3, 0.4) is 0 Å². The van der Waals surface area contributed by atoms with E-state index in [1.54, 1.807) is 19.1 Å². The maximum Gasteiger partial charge on any atom is 0.162 e. The normalized spacial score (nSPS) is 15.6. The Morgan fingerprint density at radius 3 is 2.38 bits per heavy atom. The molecule has 1 aliphatic rings. The van der Waals surface area contributed by atoms with Crippen LogP contribution in [-0.4, -0.2) is 15.9 Å². The highest BCUT2D eigenvalue weighted by atomic mass is 35.5. The molecule has 1 heterocycles. The Hall–Kier alpha value is -1.99. The van der Waals surface area contributed by atoms with Gasteiger partial charge in [-0.05, 0) is 30.8 Å². The van der Waals surface area contributed by atoms with E-state index in [0.717, 1.165) is 11.8 Å². The Morgan fingerprint density at radius 2 is 1.86 bits per heavy atom. The molecular weight excluding hydrogens is 331 g/mol. The van der Waals surface area contributed by atoms with E-state index in [1.165, 1.54) is 12.1 Å². The topological polar surface area (TPSA) is 92.5 Å². The summed E-state index contributed by atoms with van der Waals surface area (Å²) >= 11 is 12.8. The van der Waals surface area contributed by atoms with Crippen molar-refractivity contribution in [3.8, 4) is 17.9 Å². The van der Waals surface area contributed by atoms with Crippen LogP contribution in [-0.2, 0) is 0 Å². The summed E-state index contributed by atoms with van der Waals surface area (Å²) in [7, 11) is 0. The number of halogens is 2. The number of aliphatic imine (C=N–C) groups is 2. The zero-order valence-corrected chi connectivity index (χ0v) is 12.9. The Kier molecular flexibility index (Phi) is 4.54. The van der Waals surface area contributed by atoms with Gasteiger partial charge in [-0.1, -0.05) is 23.2 Å². The Morgan fingerprint density at radius 1 is 1.29 bits per heavy atom. The van der Waals surface area contributed by atoms with Crippen LogP contribution in [0.4, 0.5) is 5.69 Å². The molecule has 2 rings (SSSR count). The van der Waals surface area contributed by atoms with Gasteiger partial charge in [-0.15, -0.1) is 0 Å². The van der Waals surface area contributed by atoms with Crippen molar-refractivity contribution in [3.05, 3.63) is 32.8 Å². The maximum absolute atomic E-state index is 9.50. The maximum atomic E-state index is 9.50. The minimum Gasteiger partial charge on any atom is -0.505 e. The van der Waals surface area contributed by atoms with E-state index in [-0.39, 0.29) is 21.4 Å². The molecule has 8 heteroatoms. The Bertz CT molecular complexity index is 760. The molecule has 1 aromatic rings. The van der Waals surface area contributed by atoms with Gasteiger partial charge < -0.3 is 5.11 Å². The van der Waals surface area contributed by atoms with Crippen molar-refractivity contribution >= 4 is 51.4 Å². The average Bonchev–Trinajstić information content (AvgIpc) is 2.78. The number of hydrogen-bond acceptors (Lipinski definition) is 6. The first-order chi connectivity index (χ1) is 9.96. The smallest absolute Gasteiger partial charge is 0.162 e. The number of hydrogen-bond donors (Lipinski definition) is 1. The molecule has 21 heavy (non-hydrogen) atoms. The molecule has 104 valence electrons. The first-order valence-electron chi connectivity index (χ1n) is 5.51. The van der Waals surface area contributed by atoms with Gasteiger partial charge in [0.05, 0.1) is 21.4 Å². The van der Waals surface area contributed by atoms with Crippen molar-refractivity contribution in [1.82, 2.24) is 0 Å². The lowest BCUT2D eigenvalue weighted by molar-refractivity contribution is 0.476. The SMILES string of the molecule is CC1=NC(=C(C#N)C#N)S/C1=N\c1cc(Cl)c(O)c(Cl)c1. The summed E-state index contributed by atoms with van der Waals surface area (Å²) in [5.74, 6) is -0.205. The Labute approximate surface area is 134 Å². The summed E-state index contributed by atoms with van der Waals surface area (Å²) in [6, 6.07) is 6.49. The van der Waals surface area contributed by atoms with E-state index in [9.17, 15) is 5.11 Å². The molecule has 5 nitrogen and oxygen atoms in total. The van der Waals surface area contributed by atoms with Crippen LogP contribution in [0.2, 0.25) is 10.0 Å². The van der Waals surface area contributed by atoms with Gasteiger partial charge >= 0.3 is 0 Å². The lowest BCUT2D eigenvalue weighted by Crippen LogP contribution is -1.98. The molecule has 0 spiro atoms. The van der Waals surface area contributed by atoms with Crippen LogP contribution >= 0.6 is 35.0 Å². The number of phenolic OH excluding ortho intramolecular Hbond substituents is 1. The summed E-state index contributed by atoms with van der Waals surface area (Å²) in [6.45, 7) is 1.72. The predicted octanol–water partition coefficient (Wildman–Crippen LogP) is 4.20. The van der Waals surface area contributed by atoms with Crippen molar-refractivity contribution in [1.29, 1.82) is 10.5 Å². The molecule has 0 aliphatic carbocycles. The van der Waals surface area contributed by atoms with Crippen molar-refractivity contribution < 1.29 is 5.11 Å². The van der Waals surface area contributed by atoms with Gasteiger partial charge in [0.15, 0.2) is 11.3 Å². The van der Waals surface area contributed by atoms with Gasteiger partial charge in [0.1, 0.15) is 22.2 Å². The number of nitriles is 2. The largest absolute Gasteiger partial charge is 0.505 e. The highest BCUT2D eigenvalue weighted by molar-refractivity contribution is 8.19. The highest BCUT2D eigenvalue weighted by Gasteiger charge is 2.21. The fourth-order valence-corrected chi connectivity index (χ4v) is 2.83. The molecule has 0 radical (unpaired) electrons. The molecule has 1 aliphatic heterocycles. The van der Waals surface area contributed by atoms with E-state index >= 15 is 0 Å². The number of aromatic hydroxyl groups is 1. The molecule has 1 aromatic carbocycles. The second-order valence-corrected chi connectivity index (χ2v) is 5.67. The zero-order valence-electron chi connectivity index (χ0n) is 10.6. The van der Waals surface area contributed by atoms with Gasteiger partial charge in [-0.3, -0.25) is 0 Å². The Balaban J connectivity index is 2.42. The lowest BCUT2D eigenvalue weighted by Gasteiger charge is -2.02. The van der Waals surface area contributed by atoms with E-state index < -0.39 is 0 Å². The van der Waals surface area contributed by atoms with Crippen LogP contribution in [0.15, 0.2) is 32.7 Å². The third kappa shape index (κ3) is 3.20. The summed E-state index contributed by atoms with van der Waals surface area (Å²) in [5.41, 5.74) is 0.959. The molecule has 1 N–H and O–H groups in total. The van der Waals surface area contributed by atoms with Gasteiger partial charge in [0, 0.05) is 0 Å². The molecule has 0 amide bonds. The second-order valence-electron chi connectivity index (χ2n) is 3.88. The molecule has 0 saturated carbocycles. The highest BCUT2D eigenvalue weighted by Crippen LogP contribution is 2.37.